The minimum Gasteiger partial charge on any atom is -0.367 e. The number of carbonyl (C=O) groups is 1. The highest BCUT2D eigenvalue weighted by Crippen LogP contribution is 2.31. The lowest BCUT2D eigenvalue weighted by atomic mass is 10.1. The average molecular weight is 375 g/mol. The lowest BCUT2D eigenvalue weighted by molar-refractivity contribution is -0.385. The number of anilines is 2. The van der Waals surface area contributed by atoms with Gasteiger partial charge in [0.1, 0.15) is 5.56 Å². The molecule has 0 radical (unpaired) electrons. The van der Waals surface area contributed by atoms with Crippen molar-refractivity contribution >= 4 is 34.6 Å². The van der Waals surface area contributed by atoms with Gasteiger partial charge < -0.3 is 15.1 Å². The van der Waals surface area contributed by atoms with Crippen LogP contribution in [0.5, 0.6) is 0 Å². The molecule has 3 rings (SSSR count). The van der Waals surface area contributed by atoms with Crippen molar-refractivity contribution < 1.29 is 9.72 Å². The van der Waals surface area contributed by atoms with Crippen LogP contribution in [0.25, 0.3) is 0 Å². The molecule has 0 spiro atoms. The highest BCUT2D eigenvalue weighted by molar-refractivity contribution is 6.31. The van der Waals surface area contributed by atoms with Crippen LogP contribution in [0.1, 0.15) is 10.4 Å². The zero-order valence-electron chi connectivity index (χ0n) is 14.3. The number of piperazine rings is 1. The number of rotatable bonds is 4. The summed E-state index contributed by atoms with van der Waals surface area (Å²) in [4.78, 5) is 27.7. The van der Waals surface area contributed by atoms with Gasteiger partial charge in [0.15, 0.2) is 0 Å². The first-order chi connectivity index (χ1) is 12.5. The summed E-state index contributed by atoms with van der Waals surface area (Å²) in [5.41, 5.74) is 1.19. The first-order valence-electron chi connectivity index (χ1n) is 8.23. The van der Waals surface area contributed by atoms with Crippen LogP contribution in [0.2, 0.25) is 5.02 Å². The Bertz CT molecular complexity index is 835. The van der Waals surface area contributed by atoms with Crippen molar-refractivity contribution in [2.45, 2.75) is 0 Å². The number of carbonyl (C=O) groups excluding carboxylic acids is 1. The highest BCUT2D eigenvalue weighted by atomic mass is 35.5. The monoisotopic (exact) mass is 374 g/mol. The molecule has 0 aromatic heterocycles. The summed E-state index contributed by atoms with van der Waals surface area (Å²) in [7, 11) is 2.07. The fraction of sp³-hybridized carbons (Fsp3) is 0.278. The number of hydrogen-bond donors (Lipinski definition) is 1. The third-order valence-corrected chi connectivity index (χ3v) is 4.63. The molecule has 1 heterocycles. The first kappa shape index (κ1) is 18.2. The van der Waals surface area contributed by atoms with Crippen LogP contribution in [-0.4, -0.2) is 49.0 Å². The van der Waals surface area contributed by atoms with E-state index in [1.807, 2.05) is 6.07 Å². The smallest absolute Gasteiger partial charge is 0.282 e. The van der Waals surface area contributed by atoms with Gasteiger partial charge >= 0.3 is 0 Å². The van der Waals surface area contributed by atoms with Crippen molar-refractivity contribution in [2.24, 2.45) is 0 Å². The molecule has 0 aliphatic carbocycles. The van der Waals surface area contributed by atoms with Gasteiger partial charge in [-0.25, -0.2) is 0 Å². The van der Waals surface area contributed by atoms with Crippen LogP contribution in [0.15, 0.2) is 42.5 Å². The van der Waals surface area contributed by atoms with Crippen molar-refractivity contribution in [1.82, 2.24) is 4.90 Å². The van der Waals surface area contributed by atoms with E-state index in [2.05, 4.69) is 22.2 Å². The van der Waals surface area contributed by atoms with Crippen LogP contribution in [0.4, 0.5) is 17.1 Å². The number of nitrogens with zero attached hydrogens (tertiary/aromatic N) is 3. The Labute approximate surface area is 156 Å². The Kier molecular flexibility index (Phi) is 5.39. The maximum atomic E-state index is 12.7. The second kappa shape index (κ2) is 7.72. The predicted octanol–water partition coefficient (Wildman–Crippen LogP) is 3.25. The van der Waals surface area contributed by atoms with E-state index < -0.39 is 10.8 Å². The van der Waals surface area contributed by atoms with Gasteiger partial charge in [0, 0.05) is 37.3 Å². The molecule has 1 saturated heterocycles. The quantitative estimate of drug-likeness (QED) is 0.656. The molecule has 2 aromatic rings. The largest absolute Gasteiger partial charge is 0.367 e. The molecular weight excluding hydrogens is 356 g/mol. The van der Waals surface area contributed by atoms with E-state index in [0.717, 1.165) is 31.9 Å². The van der Waals surface area contributed by atoms with Gasteiger partial charge in [-0.05, 0) is 31.3 Å². The number of hydrogen-bond acceptors (Lipinski definition) is 5. The average Bonchev–Trinajstić information content (AvgIpc) is 2.63. The summed E-state index contributed by atoms with van der Waals surface area (Å²) in [5, 5.41) is 14.4. The Hall–Kier alpha value is -2.64. The van der Waals surface area contributed by atoms with Crippen LogP contribution in [0, 0.1) is 10.1 Å². The summed E-state index contributed by atoms with van der Waals surface area (Å²) < 4.78 is 0. The molecule has 0 saturated carbocycles. The Morgan fingerprint density at radius 3 is 2.54 bits per heavy atom. The number of nitro groups is 1. The molecule has 1 aliphatic rings. The van der Waals surface area contributed by atoms with Crippen LogP contribution in [-0.2, 0) is 0 Å². The van der Waals surface area contributed by atoms with E-state index >= 15 is 0 Å². The van der Waals surface area contributed by atoms with E-state index in [0.29, 0.717) is 10.7 Å². The normalized spacial score (nSPS) is 14.9. The number of nitrogens with one attached hydrogen (secondary N) is 1. The van der Waals surface area contributed by atoms with Crippen LogP contribution < -0.4 is 10.2 Å². The van der Waals surface area contributed by atoms with Gasteiger partial charge in [0.25, 0.3) is 11.6 Å². The molecule has 1 amide bonds. The molecule has 0 atom stereocenters. The molecule has 1 N–H and O–H groups in total. The van der Waals surface area contributed by atoms with Crippen molar-refractivity contribution in [3.05, 3.63) is 63.2 Å². The van der Waals surface area contributed by atoms with Crippen LogP contribution in [0.3, 0.4) is 0 Å². The van der Waals surface area contributed by atoms with Crippen molar-refractivity contribution in [3.8, 4) is 0 Å². The predicted molar refractivity (Wildman–Crippen MR) is 102 cm³/mol. The maximum absolute atomic E-state index is 12.7. The van der Waals surface area contributed by atoms with Gasteiger partial charge in [0.2, 0.25) is 0 Å². The SMILES string of the molecule is CN1CCN(c2ccc(Cl)cc2NC(=O)c2ccccc2[N+](=O)[O-])CC1. The Morgan fingerprint density at radius 2 is 1.85 bits per heavy atom. The fourth-order valence-corrected chi connectivity index (χ4v) is 3.12. The van der Waals surface area contributed by atoms with Gasteiger partial charge in [-0.1, -0.05) is 23.7 Å². The Morgan fingerprint density at radius 1 is 1.15 bits per heavy atom. The molecule has 7 nitrogen and oxygen atoms in total. The van der Waals surface area contributed by atoms with E-state index in [1.165, 1.54) is 18.2 Å². The molecule has 136 valence electrons. The summed E-state index contributed by atoms with van der Waals surface area (Å²) in [5.74, 6) is -0.532. The van der Waals surface area contributed by atoms with Gasteiger partial charge in [0.05, 0.1) is 16.3 Å². The summed E-state index contributed by atoms with van der Waals surface area (Å²) in [6, 6.07) is 11.2. The number of likely N-dealkylation sites (N-methyl/N-ethyl adjacent to an activating group) is 1. The summed E-state index contributed by atoms with van der Waals surface area (Å²) in [6.07, 6.45) is 0. The first-order valence-corrected chi connectivity index (χ1v) is 8.61. The van der Waals surface area contributed by atoms with Crippen LogP contribution >= 0.6 is 11.6 Å². The lowest BCUT2D eigenvalue weighted by Gasteiger charge is -2.35. The zero-order valence-corrected chi connectivity index (χ0v) is 15.1. The molecule has 0 bridgehead atoms. The topological polar surface area (TPSA) is 78.7 Å². The molecule has 8 heteroatoms. The second-order valence-electron chi connectivity index (χ2n) is 6.18. The molecule has 2 aromatic carbocycles. The molecular formula is C18H19ClN4O3. The standard InChI is InChI=1S/C18H19ClN4O3/c1-21-8-10-22(11-9-21)17-7-6-13(19)12-15(17)20-18(24)14-4-2-3-5-16(14)23(25)26/h2-7,12H,8-11H2,1H3,(H,20,24). The third-order valence-electron chi connectivity index (χ3n) is 4.40. The van der Waals surface area contributed by atoms with Crippen molar-refractivity contribution in [2.75, 3.05) is 43.4 Å². The summed E-state index contributed by atoms with van der Waals surface area (Å²) >= 11 is 6.10. The zero-order chi connectivity index (χ0) is 18.7. The van der Waals surface area contributed by atoms with E-state index in [1.54, 1.807) is 18.2 Å². The molecule has 1 fully saturated rings. The van der Waals surface area contributed by atoms with Crippen molar-refractivity contribution in [3.63, 3.8) is 0 Å². The number of para-hydroxylation sites is 1. The number of nitro benzene ring substituents is 1. The minimum absolute atomic E-state index is 0.0156. The van der Waals surface area contributed by atoms with E-state index in [9.17, 15) is 14.9 Å². The van der Waals surface area contributed by atoms with Crippen molar-refractivity contribution in [1.29, 1.82) is 0 Å². The van der Waals surface area contributed by atoms with E-state index in [4.69, 9.17) is 11.6 Å². The lowest BCUT2D eigenvalue weighted by Crippen LogP contribution is -2.44. The van der Waals surface area contributed by atoms with Gasteiger partial charge in [-0.15, -0.1) is 0 Å². The van der Waals surface area contributed by atoms with Gasteiger partial charge in [-0.2, -0.15) is 0 Å². The number of halogens is 1. The maximum Gasteiger partial charge on any atom is 0.282 e. The fourth-order valence-electron chi connectivity index (χ4n) is 2.95. The number of benzene rings is 2. The van der Waals surface area contributed by atoms with E-state index in [-0.39, 0.29) is 11.3 Å². The van der Waals surface area contributed by atoms with Gasteiger partial charge in [-0.3, -0.25) is 14.9 Å². The molecule has 1 aliphatic heterocycles. The highest BCUT2D eigenvalue weighted by Gasteiger charge is 2.22. The number of amides is 1. The molecule has 26 heavy (non-hydrogen) atoms. The molecule has 0 unspecified atom stereocenters. The summed E-state index contributed by atoms with van der Waals surface area (Å²) in [6.45, 7) is 3.49. The third kappa shape index (κ3) is 3.95. The second-order valence-corrected chi connectivity index (χ2v) is 6.62. The Balaban J connectivity index is 1.89. The minimum atomic E-state index is -0.561.